The van der Waals surface area contributed by atoms with E-state index < -0.39 is 5.97 Å². The Balaban J connectivity index is 0. The predicted molar refractivity (Wildman–Crippen MR) is 51.9 cm³/mol. The molecule has 0 radical (unpaired) electrons. The van der Waals surface area contributed by atoms with Crippen LogP contribution in [0.2, 0.25) is 0 Å². The summed E-state index contributed by atoms with van der Waals surface area (Å²) in [7, 11) is 0. The molecule has 2 nitrogen and oxygen atoms in total. The van der Waals surface area contributed by atoms with E-state index in [1.54, 1.807) is 0 Å². The van der Waals surface area contributed by atoms with Crippen LogP contribution in [0.5, 0.6) is 0 Å². The van der Waals surface area contributed by atoms with E-state index in [1.807, 2.05) is 30.3 Å². The number of carbonyl (C=O) groups excluding carboxylic acids is 1. The molecule has 0 aromatic heterocycles. The summed E-state index contributed by atoms with van der Waals surface area (Å²) in [5, 5.41) is 0. The summed E-state index contributed by atoms with van der Waals surface area (Å²) in [5.41, 5.74) is 0.976. The molecule has 0 fully saturated rings. The van der Waals surface area contributed by atoms with E-state index in [-0.39, 0.29) is 36.5 Å². The third-order valence-corrected chi connectivity index (χ3v) is 1.24. The van der Waals surface area contributed by atoms with E-state index >= 15 is 0 Å². The number of ether oxygens (including phenoxy) is 1. The molecule has 1 aromatic rings. The minimum absolute atomic E-state index is 0. The van der Waals surface area contributed by atoms with Crippen molar-refractivity contribution in [1.82, 2.24) is 0 Å². The number of benzene rings is 1. The second kappa shape index (κ2) is 8.27. The van der Waals surface area contributed by atoms with Gasteiger partial charge in [-0.1, -0.05) is 30.3 Å². The van der Waals surface area contributed by atoms with Gasteiger partial charge in [0.25, 0.3) is 0 Å². The third-order valence-electron chi connectivity index (χ3n) is 1.24. The molecule has 0 spiro atoms. The number of hydrogen-bond acceptors (Lipinski definition) is 2. The molecule has 0 heterocycles. The van der Waals surface area contributed by atoms with Gasteiger partial charge in [-0.05, 0) is 5.56 Å². The molecular formula is C9H10BrO2Zn-. The largest absolute Gasteiger partial charge is 0.484 e. The Labute approximate surface area is 101 Å². The van der Waals surface area contributed by atoms with Crippen LogP contribution < -0.4 is 0 Å². The Morgan fingerprint density at radius 3 is 2.31 bits per heavy atom. The van der Waals surface area contributed by atoms with Crippen LogP contribution >= 0.6 is 17.0 Å². The first-order valence-electron chi connectivity index (χ1n) is 3.31. The van der Waals surface area contributed by atoms with Crippen LogP contribution in [-0.4, -0.2) is 5.97 Å². The van der Waals surface area contributed by atoms with Gasteiger partial charge in [0.1, 0.15) is 6.61 Å². The predicted octanol–water partition coefficient (Wildman–Crippen LogP) is 2.14. The summed E-state index contributed by atoms with van der Waals surface area (Å²) >= 11 is 0. The molecule has 0 unspecified atom stereocenters. The first kappa shape index (κ1) is 15.1. The van der Waals surface area contributed by atoms with E-state index in [0.29, 0.717) is 6.61 Å². The molecule has 0 N–H and O–H groups in total. The zero-order chi connectivity index (χ0) is 8.10. The van der Waals surface area contributed by atoms with Gasteiger partial charge >= 0.3 is 0 Å². The number of halogens is 1. The van der Waals surface area contributed by atoms with Crippen molar-refractivity contribution in [3.05, 3.63) is 42.8 Å². The first-order chi connectivity index (χ1) is 5.29. The van der Waals surface area contributed by atoms with Gasteiger partial charge in [0.05, 0.1) is 0 Å². The topological polar surface area (TPSA) is 26.3 Å². The normalized spacial score (nSPS) is 7.69. The van der Waals surface area contributed by atoms with Crippen LogP contribution in [0.1, 0.15) is 5.56 Å². The Hall–Kier alpha value is -0.337. The zero-order valence-corrected chi connectivity index (χ0v) is 11.9. The molecular weight excluding hydrogens is 285 g/mol. The fourth-order valence-electron chi connectivity index (χ4n) is 0.738. The number of rotatable bonds is 2. The van der Waals surface area contributed by atoms with Crippen molar-refractivity contribution in [2.75, 3.05) is 0 Å². The maximum absolute atomic E-state index is 10.3. The SMILES string of the molecule is Br.[CH2-]C(=O)OCc1ccccc1.[Zn]. The van der Waals surface area contributed by atoms with E-state index in [0.717, 1.165) is 5.56 Å². The summed E-state index contributed by atoms with van der Waals surface area (Å²) in [5.74, 6) is -0.492. The van der Waals surface area contributed by atoms with E-state index in [2.05, 4.69) is 11.7 Å². The molecule has 13 heavy (non-hydrogen) atoms. The Kier molecular flexibility index (Phi) is 9.64. The Morgan fingerprint density at radius 1 is 1.31 bits per heavy atom. The van der Waals surface area contributed by atoms with E-state index in [9.17, 15) is 4.79 Å². The molecule has 0 saturated heterocycles. The van der Waals surface area contributed by atoms with Gasteiger partial charge in [-0.3, -0.25) is 11.7 Å². The summed E-state index contributed by atoms with van der Waals surface area (Å²) in [6, 6.07) is 9.49. The van der Waals surface area contributed by atoms with Crippen molar-refractivity contribution in [2.24, 2.45) is 0 Å². The summed E-state index contributed by atoms with van der Waals surface area (Å²) in [4.78, 5) is 10.3. The van der Waals surface area contributed by atoms with Gasteiger partial charge in [0, 0.05) is 19.5 Å². The van der Waals surface area contributed by atoms with Crippen molar-refractivity contribution in [3.8, 4) is 0 Å². The fourth-order valence-corrected chi connectivity index (χ4v) is 0.738. The number of carbonyl (C=O) groups is 1. The summed E-state index contributed by atoms with van der Waals surface area (Å²) in [6.45, 7) is 3.40. The van der Waals surface area contributed by atoms with Crippen LogP contribution in [-0.2, 0) is 35.6 Å². The molecule has 0 atom stereocenters. The van der Waals surface area contributed by atoms with Gasteiger partial charge in [0.2, 0.25) is 0 Å². The van der Waals surface area contributed by atoms with Crippen LogP contribution in [0.15, 0.2) is 30.3 Å². The van der Waals surface area contributed by atoms with Gasteiger partial charge in [-0.25, -0.2) is 0 Å². The minimum Gasteiger partial charge on any atom is -0.484 e. The molecule has 0 amide bonds. The maximum atomic E-state index is 10.3. The van der Waals surface area contributed by atoms with E-state index in [4.69, 9.17) is 0 Å². The van der Waals surface area contributed by atoms with E-state index in [1.165, 1.54) is 0 Å². The molecule has 0 aliphatic heterocycles. The molecule has 1 rings (SSSR count). The molecule has 0 aliphatic carbocycles. The van der Waals surface area contributed by atoms with Crippen molar-refractivity contribution in [3.63, 3.8) is 0 Å². The Bertz CT molecular complexity index is 239. The van der Waals surface area contributed by atoms with Crippen LogP contribution in [0.25, 0.3) is 0 Å². The molecule has 0 bridgehead atoms. The standard InChI is InChI=1S/C9H9O2.BrH.Zn/c1-8(10)11-7-9-5-3-2-4-6-9;;/h2-6H,1,7H2;1H;/q-1;;. The molecule has 0 aliphatic rings. The third kappa shape index (κ3) is 6.79. The average Bonchev–Trinajstić information content (AvgIpc) is 2.03. The van der Waals surface area contributed by atoms with Gasteiger partial charge < -0.3 is 4.74 Å². The van der Waals surface area contributed by atoms with Crippen LogP contribution in [0.4, 0.5) is 0 Å². The van der Waals surface area contributed by atoms with Crippen molar-refractivity contribution in [2.45, 2.75) is 6.61 Å². The Morgan fingerprint density at radius 2 is 1.85 bits per heavy atom. The smallest absolute Gasteiger partial charge is 0.164 e. The quantitative estimate of drug-likeness (QED) is 0.475. The maximum Gasteiger partial charge on any atom is 0.164 e. The van der Waals surface area contributed by atoms with Gasteiger partial charge in [-0.2, -0.15) is 0 Å². The fraction of sp³-hybridized carbons (Fsp3) is 0.111. The van der Waals surface area contributed by atoms with Crippen LogP contribution in [0, 0.1) is 6.92 Å². The molecule has 68 valence electrons. The number of esters is 1. The summed E-state index contributed by atoms with van der Waals surface area (Å²) < 4.78 is 4.68. The monoisotopic (exact) mass is 293 g/mol. The zero-order valence-electron chi connectivity index (χ0n) is 7.23. The molecule has 1 aromatic carbocycles. The minimum atomic E-state index is -0.492. The van der Waals surface area contributed by atoms with Crippen LogP contribution in [0.3, 0.4) is 0 Å². The van der Waals surface area contributed by atoms with Gasteiger partial charge in [-0.15, -0.1) is 17.0 Å². The average molecular weight is 295 g/mol. The van der Waals surface area contributed by atoms with Gasteiger partial charge in [0.15, 0.2) is 5.97 Å². The number of hydrogen-bond donors (Lipinski definition) is 0. The second-order valence-electron chi connectivity index (χ2n) is 2.15. The first-order valence-corrected chi connectivity index (χ1v) is 3.31. The molecule has 0 saturated carbocycles. The van der Waals surface area contributed by atoms with Crippen molar-refractivity contribution >= 4 is 23.0 Å². The van der Waals surface area contributed by atoms with Crippen molar-refractivity contribution in [1.29, 1.82) is 0 Å². The summed E-state index contributed by atoms with van der Waals surface area (Å²) in [6.07, 6.45) is 0. The second-order valence-corrected chi connectivity index (χ2v) is 2.15. The van der Waals surface area contributed by atoms with Crippen molar-refractivity contribution < 1.29 is 29.0 Å². The molecule has 4 heteroatoms.